The van der Waals surface area contributed by atoms with Crippen LogP contribution in [0.1, 0.15) is 6.92 Å². The molecule has 0 aromatic heterocycles. The Bertz CT molecular complexity index is 711. The van der Waals surface area contributed by atoms with Gasteiger partial charge in [0.05, 0.1) is 6.61 Å². The Hall–Kier alpha value is -2.15. The molecule has 2 nitrogen and oxygen atoms in total. The molecule has 0 aliphatic carbocycles. The van der Waals surface area contributed by atoms with Gasteiger partial charge in [-0.15, -0.1) is 12.4 Å². The van der Waals surface area contributed by atoms with Crippen molar-refractivity contribution in [2.24, 2.45) is 0 Å². The number of hydrogen-bond acceptors (Lipinski definition) is 2. The summed E-state index contributed by atoms with van der Waals surface area (Å²) in [6, 6.07) is 31.1. The summed E-state index contributed by atoms with van der Waals surface area (Å²) >= 11 is 0. The Morgan fingerprint density at radius 1 is 0.731 bits per heavy atom. The molecule has 0 N–H and O–H groups in total. The van der Waals surface area contributed by atoms with E-state index in [9.17, 15) is 4.79 Å². The third-order valence-electron chi connectivity index (χ3n) is 4.26. The lowest BCUT2D eigenvalue weighted by Crippen LogP contribution is -2.36. The van der Waals surface area contributed by atoms with Gasteiger partial charge in [0, 0.05) is 0 Å². The second kappa shape index (κ2) is 9.52. The quantitative estimate of drug-likeness (QED) is 0.474. The van der Waals surface area contributed by atoms with E-state index < -0.39 is 7.26 Å². The van der Waals surface area contributed by atoms with Gasteiger partial charge in [-0.2, -0.15) is 0 Å². The maximum Gasteiger partial charge on any atom is 0.345 e. The van der Waals surface area contributed by atoms with E-state index in [-0.39, 0.29) is 18.4 Å². The molecule has 0 unspecified atom stereocenters. The fraction of sp³-hybridized carbons (Fsp3) is 0.136. The average Bonchev–Trinajstić information content (AvgIpc) is 2.68. The SMILES string of the molecule is CCOC(=O)C[P+](c1ccccc1)(c1ccccc1)c1ccccc1.Cl. The molecule has 0 atom stereocenters. The van der Waals surface area contributed by atoms with E-state index in [2.05, 4.69) is 36.4 Å². The lowest BCUT2D eigenvalue weighted by atomic mass is 10.4. The summed E-state index contributed by atoms with van der Waals surface area (Å²) in [6.07, 6.45) is 0.374. The average molecular weight is 386 g/mol. The van der Waals surface area contributed by atoms with Gasteiger partial charge in [0.2, 0.25) is 0 Å². The van der Waals surface area contributed by atoms with Gasteiger partial charge in [0.1, 0.15) is 23.2 Å². The summed E-state index contributed by atoms with van der Waals surface area (Å²) < 4.78 is 5.35. The van der Waals surface area contributed by atoms with Crippen LogP contribution in [-0.2, 0) is 9.53 Å². The summed E-state index contributed by atoms with van der Waals surface area (Å²) in [7, 11) is -2.11. The molecule has 0 radical (unpaired) electrons. The highest BCUT2D eigenvalue weighted by atomic mass is 35.5. The first-order chi connectivity index (χ1) is 12.3. The van der Waals surface area contributed by atoms with Crippen molar-refractivity contribution < 1.29 is 9.53 Å². The molecular formula is C22H23ClO2P+. The van der Waals surface area contributed by atoms with Gasteiger partial charge in [-0.1, -0.05) is 54.6 Å². The molecular weight excluding hydrogens is 363 g/mol. The predicted molar refractivity (Wildman–Crippen MR) is 114 cm³/mol. The number of benzene rings is 3. The van der Waals surface area contributed by atoms with E-state index >= 15 is 0 Å². The molecule has 3 rings (SSSR count). The number of ether oxygens (including phenoxy) is 1. The molecule has 4 heteroatoms. The predicted octanol–water partition coefficient (Wildman–Crippen LogP) is 3.97. The van der Waals surface area contributed by atoms with Crippen molar-refractivity contribution in [3.63, 3.8) is 0 Å². The van der Waals surface area contributed by atoms with Crippen LogP contribution >= 0.6 is 19.7 Å². The fourth-order valence-corrected chi connectivity index (χ4v) is 7.13. The van der Waals surface area contributed by atoms with Gasteiger partial charge in [-0.3, -0.25) is 0 Å². The molecule has 0 aliphatic heterocycles. The van der Waals surface area contributed by atoms with E-state index in [1.165, 1.54) is 15.9 Å². The first kappa shape index (κ1) is 20.2. The number of carbonyl (C=O) groups is 1. The summed E-state index contributed by atoms with van der Waals surface area (Å²) in [4.78, 5) is 12.6. The van der Waals surface area contributed by atoms with Crippen LogP contribution in [0.4, 0.5) is 0 Å². The second-order valence-corrected chi connectivity index (χ2v) is 9.26. The highest BCUT2D eigenvalue weighted by Crippen LogP contribution is 2.55. The largest absolute Gasteiger partial charge is 0.463 e. The van der Waals surface area contributed by atoms with Gasteiger partial charge >= 0.3 is 5.97 Å². The number of halogens is 1. The van der Waals surface area contributed by atoms with E-state index in [4.69, 9.17) is 4.74 Å². The minimum absolute atomic E-state index is 0. The van der Waals surface area contributed by atoms with Crippen LogP contribution in [0.15, 0.2) is 91.0 Å². The first-order valence-electron chi connectivity index (χ1n) is 8.48. The smallest absolute Gasteiger partial charge is 0.345 e. The second-order valence-electron chi connectivity index (χ2n) is 5.78. The zero-order chi connectivity index (χ0) is 17.5. The van der Waals surface area contributed by atoms with Crippen molar-refractivity contribution in [3.8, 4) is 0 Å². The Morgan fingerprint density at radius 3 is 1.38 bits per heavy atom. The van der Waals surface area contributed by atoms with Crippen molar-refractivity contribution in [2.75, 3.05) is 12.8 Å². The lowest BCUT2D eigenvalue weighted by molar-refractivity contribution is -0.139. The van der Waals surface area contributed by atoms with E-state index in [1.54, 1.807) is 0 Å². The molecule has 0 saturated heterocycles. The number of hydrogen-bond donors (Lipinski definition) is 0. The highest BCUT2D eigenvalue weighted by Gasteiger charge is 2.47. The van der Waals surface area contributed by atoms with Crippen LogP contribution in [-0.4, -0.2) is 18.7 Å². The molecule has 0 heterocycles. The van der Waals surface area contributed by atoms with Gasteiger partial charge in [-0.05, 0) is 43.3 Å². The molecule has 0 aliphatic rings. The van der Waals surface area contributed by atoms with Gasteiger partial charge in [0.25, 0.3) is 0 Å². The highest BCUT2D eigenvalue weighted by molar-refractivity contribution is 7.96. The van der Waals surface area contributed by atoms with Gasteiger partial charge in [0.15, 0.2) is 6.16 Å². The molecule has 3 aromatic carbocycles. The summed E-state index contributed by atoms with van der Waals surface area (Å²) in [6.45, 7) is 2.25. The summed E-state index contributed by atoms with van der Waals surface area (Å²) in [5.41, 5.74) is 0. The minimum atomic E-state index is -2.11. The van der Waals surface area contributed by atoms with Crippen LogP contribution in [0, 0.1) is 0 Å². The maximum atomic E-state index is 12.6. The zero-order valence-corrected chi connectivity index (χ0v) is 16.5. The molecule has 0 bridgehead atoms. The van der Waals surface area contributed by atoms with Crippen molar-refractivity contribution in [1.82, 2.24) is 0 Å². The van der Waals surface area contributed by atoms with Crippen LogP contribution < -0.4 is 15.9 Å². The molecule has 134 valence electrons. The van der Waals surface area contributed by atoms with Gasteiger partial charge in [-0.25, -0.2) is 4.79 Å². The van der Waals surface area contributed by atoms with E-state index in [0.29, 0.717) is 12.8 Å². The van der Waals surface area contributed by atoms with Crippen molar-refractivity contribution >= 4 is 41.6 Å². The van der Waals surface area contributed by atoms with Crippen molar-refractivity contribution in [2.45, 2.75) is 6.92 Å². The fourth-order valence-electron chi connectivity index (χ4n) is 3.17. The molecule has 0 spiro atoms. The Balaban J connectivity index is 0.00000243. The normalized spacial score (nSPS) is 10.7. The molecule has 3 aromatic rings. The number of carbonyl (C=O) groups excluding carboxylic acids is 1. The number of rotatable bonds is 6. The summed E-state index contributed by atoms with van der Waals surface area (Å²) in [5, 5.41) is 3.58. The summed E-state index contributed by atoms with van der Waals surface area (Å²) in [5.74, 6) is -0.146. The Morgan fingerprint density at radius 2 is 1.08 bits per heavy atom. The van der Waals surface area contributed by atoms with Gasteiger partial charge < -0.3 is 4.74 Å². The van der Waals surface area contributed by atoms with Crippen LogP contribution in [0.3, 0.4) is 0 Å². The van der Waals surface area contributed by atoms with E-state index in [0.717, 1.165) is 0 Å². The third kappa shape index (κ3) is 4.15. The molecule has 26 heavy (non-hydrogen) atoms. The number of esters is 1. The maximum absolute atomic E-state index is 12.6. The van der Waals surface area contributed by atoms with E-state index in [1.807, 2.05) is 61.5 Å². The van der Waals surface area contributed by atoms with Crippen LogP contribution in [0.2, 0.25) is 0 Å². The molecule has 0 amide bonds. The lowest BCUT2D eigenvalue weighted by Gasteiger charge is -2.26. The van der Waals surface area contributed by atoms with Crippen LogP contribution in [0.25, 0.3) is 0 Å². The van der Waals surface area contributed by atoms with Crippen LogP contribution in [0.5, 0.6) is 0 Å². The first-order valence-corrected chi connectivity index (χ1v) is 10.5. The monoisotopic (exact) mass is 385 g/mol. The molecule has 0 fully saturated rings. The zero-order valence-electron chi connectivity index (χ0n) is 14.7. The Kier molecular flexibility index (Phi) is 7.38. The Labute approximate surface area is 162 Å². The molecule has 0 saturated carbocycles. The van der Waals surface area contributed by atoms with Crippen molar-refractivity contribution in [1.29, 1.82) is 0 Å². The van der Waals surface area contributed by atoms with Crippen molar-refractivity contribution in [3.05, 3.63) is 91.0 Å². The minimum Gasteiger partial charge on any atom is -0.463 e. The topological polar surface area (TPSA) is 26.3 Å². The third-order valence-corrected chi connectivity index (χ3v) is 8.53. The standard InChI is InChI=1S/C22H22O2P.ClH/c1-2-24-22(23)18-25(19-12-6-3-7-13-19,20-14-8-4-9-15-20)21-16-10-5-11-17-21;/h3-17H,2,18H2,1H3;1H/q+1;.